The van der Waals surface area contributed by atoms with Gasteiger partial charge in [-0.05, 0) is 23.8 Å². The van der Waals surface area contributed by atoms with Gasteiger partial charge in [0.1, 0.15) is 0 Å². The van der Waals surface area contributed by atoms with E-state index in [4.69, 9.17) is 23.1 Å². The molecule has 2 aromatic rings. The number of pyridine rings is 1. The molecule has 1 unspecified atom stereocenters. The second kappa shape index (κ2) is 4.51. The molecule has 0 aliphatic rings. The Balaban J connectivity index is 2.39. The highest BCUT2D eigenvalue weighted by Crippen LogP contribution is 2.25. The molecule has 1 heterocycles. The van der Waals surface area contributed by atoms with Crippen LogP contribution in [0.4, 0.5) is 5.69 Å². The minimum absolute atomic E-state index is 0.299. The van der Waals surface area contributed by atoms with Gasteiger partial charge in [0.2, 0.25) is 0 Å². The van der Waals surface area contributed by atoms with Crippen molar-refractivity contribution in [1.82, 2.24) is 4.98 Å². The molecule has 4 N–H and O–H groups in total. The second-order valence-corrected chi connectivity index (χ2v) is 3.97. The molecule has 0 aliphatic heterocycles. The molecule has 16 heavy (non-hydrogen) atoms. The van der Waals surface area contributed by atoms with Crippen molar-refractivity contribution in [2.75, 3.05) is 5.73 Å². The standard InChI is InChI=1S/C12H12ClN3/c13-9-3-1-2-8(6-9)12(15)10-7-16-5-4-11(10)14/h1-7,12H,15H2,(H2,14,16). The summed E-state index contributed by atoms with van der Waals surface area (Å²) in [5.41, 5.74) is 14.3. The van der Waals surface area contributed by atoms with Gasteiger partial charge in [-0.1, -0.05) is 23.7 Å². The number of nitrogen functional groups attached to an aromatic ring is 1. The molecule has 1 atom stereocenters. The van der Waals surface area contributed by atoms with Gasteiger partial charge in [-0.2, -0.15) is 0 Å². The van der Waals surface area contributed by atoms with Gasteiger partial charge in [-0.15, -0.1) is 0 Å². The molecule has 3 nitrogen and oxygen atoms in total. The molecule has 0 aliphatic carbocycles. The zero-order valence-electron chi connectivity index (χ0n) is 8.60. The summed E-state index contributed by atoms with van der Waals surface area (Å²) in [4.78, 5) is 4.02. The van der Waals surface area contributed by atoms with Crippen molar-refractivity contribution in [3.63, 3.8) is 0 Å². The molecule has 0 saturated heterocycles. The fourth-order valence-corrected chi connectivity index (χ4v) is 1.76. The molecule has 0 spiro atoms. The smallest absolute Gasteiger partial charge is 0.0588 e. The van der Waals surface area contributed by atoms with Crippen LogP contribution in [0.2, 0.25) is 5.02 Å². The molecule has 0 saturated carbocycles. The molecule has 0 fully saturated rings. The Labute approximate surface area is 99.1 Å². The van der Waals surface area contributed by atoms with Gasteiger partial charge in [0.05, 0.1) is 6.04 Å². The summed E-state index contributed by atoms with van der Waals surface area (Å²) in [6, 6.07) is 8.86. The van der Waals surface area contributed by atoms with Crippen molar-refractivity contribution >= 4 is 17.3 Å². The average Bonchev–Trinajstić information content (AvgIpc) is 2.29. The summed E-state index contributed by atoms with van der Waals surface area (Å²) in [6.07, 6.45) is 3.32. The topological polar surface area (TPSA) is 64.9 Å². The summed E-state index contributed by atoms with van der Waals surface area (Å²) in [5, 5.41) is 0.662. The van der Waals surface area contributed by atoms with Crippen molar-refractivity contribution in [3.05, 3.63) is 58.9 Å². The van der Waals surface area contributed by atoms with E-state index in [9.17, 15) is 0 Å². The fraction of sp³-hybridized carbons (Fsp3) is 0.0833. The fourth-order valence-electron chi connectivity index (χ4n) is 1.56. The lowest BCUT2D eigenvalue weighted by atomic mass is 10.00. The van der Waals surface area contributed by atoms with Crippen LogP contribution in [0.3, 0.4) is 0 Å². The van der Waals surface area contributed by atoms with E-state index in [1.165, 1.54) is 0 Å². The monoisotopic (exact) mass is 233 g/mol. The number of rotatable bonds is 2. The summed E-state index contributed by atoms with van der Waals surface area (Å²) in [6.45, 7) is 0. The summed E-state index contributed by atoms with van der Waals surface area (Å²) < 4.78 is 0. The van der Waals surface area contributed by atoms with Crippen molar-refractivity contribution in [2.45, 2.75) is 6.04 Å². The van der Waals surface area contributed by atoms with Gasteiger partial charge >= 0.3 is 0 Å². The number of aromatic nitrogens is 1. The van der Waals surface area contributed by atoms with E-state index in [1.807, 2.05) is 24.3 Å². The van der Waals surface area contributed by atoms with Crippen molar-refractivity contribution < 1.29 is 0 Å². The quantitative estimate of drug-likeness (QED) is 0.837. The molecule has 1 aromatic heterocycles. The second-order valence-electron chi connectivity index (χ2n) is 3.54. The first-order chi connectivity index (χ1) is 7.68. The van der Waals surface area contributed by atoms with Crippen LogP contribution in [0.5, 0.6) is 0 Å². The Morgan fingerprint density at radius 2 is 2.06 bits per heavy atom. The molecule has 0 radical (unpaired) electrons. The maximum atomic E-state index is 6.11. The largest absolute Gasteiger partial charge is 0.398 e. The predicted octanol–water partition coefficient (Wildman–Crippen LogP) is 2.37. The van der Waals surface area contributed by atoms with E-state index in [2.05, 4.69) is 4.98 Å². The molecular weight excluding hydrogens is 222 g/mol. The molecule has 82 valence electrons. The molecule has 1 aromatic carbocycles. The van der Waals surface area contributed by atoms with Crippen LogP contribution < -0.4 is 11.5 Å². The Bertz CT molecular complexity index is 499. The molecule has 0 bridgehead atoms. The molecule has 2 rings (SSSR count). The van der Waals surface area contributed by atoms with Crippen LogP contribution in [0.1, 0.15) is 17.2 Å². The van der Waals surface area contributed by atoms with Crippen LogP contribution in [0, 0.1) is 0 Å². The van der Waals surface area contributed by atoms with Gasteiger partial charge in [0.25, 0.3) is 0 Å². The van der Waals surface area contributed by atoms with Crippen molar-refractivity contribution in [3.8, 4) is 0 Å². The lowest BCUT2D eigenvalue weighted by Gasteiger charge is -2.14. The van der Waals surface area contributed by atoms with Gasteiger partial charge < -0.3 is 11.5 Å². The number of nitrogens with zero attached hydrogens (tertiary/aromatic N) is 1. The Morgan fingerprint density at radius 3 is 2.75 bits per heavy atom. The third-order valence-corrected chi connectivity index (χ3v) is 2.67. The summed E-state index contributed by atoms with van der Waals surface area (Å²) in [7, 11) is 0. The zero-order valence-corrected chi connectivity index (χ0v) is 9.35. The van der Waals surface area contributed by atoms with Gasteiger partial charge in [-0.25, -0.2) is 0 Å². The lowest BCUT2D eigenvalue weighted by Crippen LogP contribution is -2.14. The third-order valence-electron chi connectivity index (χ3n) is 2.43. The third kappa shape index (κ3) is 2.15. The molecular formula is C12H12ClN3. The predicted molar refractivity (Wildman–Crippen MR) is 66.1 cm³/mol. The SMILES string of the molecule is Nc1ccncc1C(N)c1cccc(Cl)c1. The highest BCUT2D eigenvalue weighted by atomic mass is 35.5. The van der Waals surface area contributed by atoms with E-state index < -0.39 is 0 Å². The van der Waals surface area contributed by atoms with Gasteiger partial charge in [0, 0.05) is 28.7 Å². The number of hydrogen-bond donors (Lipinski definition) is 2. The van der Waals surface area contributed by atoms with E-state index in [-0.39, 0.29) is 6.04 Å². The Kier molecular flexibility index (Phi) is 3.08. The first kappa shape index (κ1) is 10.9. The molecule has 0 amide bonds. The summed E-state index contributed by atoms with van der Waals surface area (Å²) in [5.74, 6) is 0. The number of hydrogen-bond acceptors (Lipinski definition) is 3. The van der Waals surface area contributed by atoms with Crippen LogP contribution >= 0.6 is 11.6 Å². The normalized spacial score (nSPS) is 12.4. The van der Waals surface area contributed by atoms with Crippen molar-refractivity contribution in [1.29, 1.82) is 0 Å². The van der Waals surface area contributed by atoms with Crippen LogP contribution in [-0.4, -0.2) is 4.98 Å². The number of anilines is 1. The average molecular weight is 234 g/mol. The van der Waals surface area contributed by atoms with Crippen LogP contribution in [0.15, 0.2) is 42.7 Å². The van der Waals surface area contributed by atoms with Gasteiger partial charge in [-0.3, -0.25) is 4.98 Å². The molecule has 4 heteroatoms. The highest BCUT2D eigenvalue weighted by Gasteiger charge is 2.11. The van der Waals surface area contributed by atoms with Crippen LogP contribution in [0.25, 0.3) is 0 Å². The van der Waals surface area contributed by atoms with Crippen LogP contribution in [-0.2, 0) is 0 Å². The van der Waals surface area contributed by atoms with E-state index in [0.29, 0.717) is 10.7 Å². The Hall–Kier alpha value is -1.58. The maximum Gasteiger partial charge on any atom is 0.0588 e. The highest BCUT2D eigenvalue weighted by molar-refractivity contribution is 6.30. The minimum Gasteiger partial charge on any atom is -0.398 e. The maximum absolute atomic E-state index is 6.11. The minimum atomic E-state index is -0.299. The summed E-state index contributed by atoms with van der Waals surface area (Å²) >= 11 is 5.91. The van der Waals surface area contributed by atoms with E-state index >= 15 is 0 Å². The zero-order chi connectivity index (χ0) is 11.5. The van der Waals surface area contributed by atoms with Gasteiger partial charge in [0.15, 0.2) is 0 Å². The van der Waals surface area contributed by atoms with E-state index in [1.54, 1.807) is 18.5 Å². The first-order valence-corrected chi connectivity index (χ1v) is 5.26. The first-order valence-electron chi connectivity index (χ1n) is 4.89. The van der Waals surface area contributed by atoms with E-state index in [0.717, 1.165) is 11.1 Å². The lowest BCUT2D eigenvalue weighted by molar-refractivity contribution is 0.866. The number of benzene rings is 1. The van der Waals surface area contributed by atoms with Crippen molar-refractivity contribution in [2.24, 2.45) is 5.73 Å². The number of nitrogens with two attached hydrogens (primary N) is 2. The number of halogens is 1. The Morgan fingerprint density at radius 1 is 1.25 bits per heavy atom.